The second-order valence-electron chi connectivity index (χ2n) is 7.72. The summed E-state index contributed by atoms with van der Waals surface area (Å²) in [7, 11) is 1.35. The summed E-state index contributed by atoms with van der Waals surface area (Å²) < 4.78 is 5.55. The molecule has 32 heavy (non-hydrogen) atoms. The Kier molecular flexibility index (Phi) is 7.83. The summed E-state index contributed by atoms with van der Waals surface area (Å²) in [6.07, 6.45) is 0.713. The predicted molar refractivity (Wildman–Crippen MR) is 118 cm³/mol. The van der Waals surface area contributed by atoms with E-state index in [0.29, 0.717) is 6.42 Å². The molecule has 2 aromatic carbocycles. The van der Waals surface area contributed by atoms with Crippen LogP contribution in [0.5, 0.6) is 0 Å². The van der Waals surface area contributed by atoms with E-state index in [1.807, 2.05) is 43.3 Å². The zero-order valence-electron chi connectivity index (χ0n) is 18.2. The molecule has 0 bridgehead atoms. The van der Waals surface area contributed by atoms with E-state index in [-0.39, 0.29) is 18.9 Å². The van der Waals surface area contributed by atoms with Crippen molar-refractivity contribution >= 4 is 18.0 Å². The highest BCUT2D eigenvalue weighted by molar-refractivity contribution is 5.79. The summed E-state index contributed by atoms with van der Waals surface area (Å²) in [6.45, 7) is 1.52. The van der Waals surface area contributed by atoms with Gasteiger partial charge >= 0.3 is 12.1 Å². The minimum atomic E-state index is -1.17. The van der Waals surface area contributed by atoms with Gasteiger partial charge in [0.05, 0.1) is 0 Å². The predicted octanol–water partition coefficient (Wildman–Crippen LogP) is 3.56. The van der Waals surface area contributed by atoms with Gasteiger partial charge < -0.3 is 15.2 Å². The number of aliphatic carboxylic acids is 1. The summed E-state index contributed by atoms with van der Waals surface area (Å²) in [5, 5.41) is 12.3. The molecule has 0 aliphatic heterocycles. The number of rotatable bonds is 10. The summed E-state index contributed by atoms with van der Waals surface area (Å²) in [4.78, 5) is 40.3. The minimum Gasteiger partial charge on any atom is -0.479 e. The minimum absolute atomic E-state index is 0.0197. The molecular formula is C24H28N2O6. The van der Waals surface area contributed by atoms with Gasteiger partial charge in [-0.2, -0.15) is 0 Å². The number of amides is 2. The number of hydrogen-bond acceptors (Lipinski definition) is 5. The molecule has 1 aliphatic carbocycles. The highest BCUT2D eigenvalue weighted by Gasteiger charge is 2.29. The lowest BCUT2D eigenvalue weighted by Crippen LogP contribution is -2.40. The Morgan fingerprint density at radius 1 is 1.06 bits per heavy atom. The van der Waals surface area contributed by atoms with Crippen LogP contribution < -0.4 is 5.32 Å². The van der Waals surface area contributed by atoms with Crippen LogP contribution in [0.25, 0.3) is 11.1 Å². The molecule has 0 aromatic heterocycles. The normalized spacial score (nSPS) is 13.1. The van der Waals surface area contributed by atoms with Gasteiger partial charge in [-0.3, -0.25) is 9.63 Å². The molecule has 8 heteroatoms. The molecule has 2 amide bonds. The second-order valence-corrected chi connectivity index (χ2v) is 7.72. The smallest absolute Gasteiger partial charge is 0.407 e. The van der Waals surface area contributed by atoms with Gasteiger partial charge in [0.2, 0.25) is 5.91 Å². The van der Waals surface area contributed by atoms with Crippen LogP contribution in [-0.2, 0) is 19.2 Å². The molecule has 170 valence electrons. The maximum absolute atomic E-state index is 12.5. The van der Waals surface area contributed by atoms with E-state index in [1.54, 1.807) is 0 Å². The molecule has 0 saturated heterocycles. The van der Waals surface area contributed by atoms with Crippen molar-refractivity contribution < 1.29 is 29.1 Å². The SMILES string of the molecule is CCC[C@@H](CC(=O)N(C)OCC(=O)O)NC(=O)OCC1c2ccccc2-c2ccccc21. The van der Waals surface area contributed by atoms with E-state index in [0.717, 1.165) is 33.7 Å². The molecule has 0 spiro atoms. The lowest BCUT2D eigenvalue weighted by atomic mass is 9.98. The van der Waals surface area contributed by atoms with Crippen molar-refractivity contribution in [1.29, 1.82) is 0 Å². The summed E-state index contributed by atoms with van der Waals surface area (Å²) in [6, 6.07) is 15.7. The second kappa shape index (κ2) is 10.8. The van der Waals surface area contributed by atoms with E-state index < -0.39 is 30.6 Å². The number of benzene rings is 2. The molecular weight excluding hydrogens is 412 g/mol. The Hall–Kier alpha value is -3.39. The van der Waals surface area contributed by atoms with E-state index >= 15 is 0 Å². The molecule has 2 N–H and O–H groups in total. The van der Waals surface area contributed by atoms with Crippen LogP contribution in [0.3, 0.4) is 0 Å². The lowest BCUT2D eigenvalue weighted by Gasteiger charge is -2.22. The van der Waals surface area contributed by atoms with Gasteiger partial charge in [0.15, 0.2) is 6.61 Å². The number of carboxylic acid groups (broad SMARTS) is 1. The highest BCUT2D eigenvalue weighted by atomic mass is 16.7. The number of alkyl carbamates (subject to hydrolysis) is 1. The number of nitrogens with one attached hydrogen (secondary N) is 1. The van der Waals surface area contributed by atoms with E-state index in [2.05, 4.69) is 17.4 Å². The van der Waals surface area contributed by atoms with Gasteiger partial charge in [-0.25, -0.2) is 14.7 Å². The number of carbonyl (C=O) groups is 3. The molecule has 8 nitrogen and oxygen atoms in total. The Morgan fingerprint density at radius 2 is 1.66 bits per heavy atom. The van der Waals surface area contributed by atoms with Crippen molar-refractivity contribution in [1.82, 2.24) is 10.4 Å². The number of hydroxylamine groups is 2. The molecule has 0 heterocycles. The molecule has 0 fully saturated rings. The van der Waals surface area contributed by atoms with E-state index in [1.165, 1.54) is 7.05 Å². The molecule has 1 atom stereocenters. The maximum Gasteiger partial charge on any atom is 0.407 e. The molecule has 3 rings (SSSR count). The van der Waals surface area contributed by atoms with Crippen LogP contribution in [0.2, 0.25) is 0 Å². The maximum atomic E-state index is 12.5. The zero-order chi connectivity index (χ0) is 23.1. The Bertz CT molecular complexity index is 931. The monoisotopic (exact) mass is 440 g/mol. The molecule has 0 unspecified atom stereocenters. The van der Waals surface area contributed by atoms with Crippen molar-refractivity contribution in [3.63, 3.8) is 0 Å². The standard InChI is InChI=1S/C24H28N2O6/c1-3-8-16(13-22(27)26(2)32-15-23(28)29)25-24(30)31-14-21-19-11-6-4-9-17(19)18-10-5-7-12-20(18)21/h4-7,9-12,16,21H,3,8,13-15H2,1-2H3,(H,25,30)(H,28,29)/t16-/m0/s1. The zero-order valence-corrected chi connectivity index (χ0v) is 18.2. The number of hydrogen-bond donors (Lipinski definition) is 2. The van der Waals surface area contributed by atoms with Crippen molar-refractivity contribution in [3.05, 3.63) is 59.7 Å². The van der Waals surface area contributed by atoms with E-state index in [4.69, 9.17) is 14.7 Å². The summed E-state index contributed by atoms with van der Waals surface area (Å²) in [5.41, 5.74) is 4.55. The largest absolute Gasteiger partial charge is 0.479 e. The topological polar surface area (TPSA) is 105 Å². The van der Waals surface area contributed by atoms with Crippen LogP contribution in [0.1, 0.15) is 43.2 Å². The number of carboxylic acids is 1. The average Bonchev–Trinajstić information content (AvgIpc) is 3.10. The van der Waals surface area contributed by atoms with Crippen molar-refractivity contribution in [3.8, 4) is 11.1 Å². The molecule has 0 saturated carbocycles. The number of ether oxygens (including phenoxy) is 1. The lowest BCUT2D eigenvalue weighted by molar-refractivity contribution is -0.186. The van der Waals surface area contributed by atoms with Gasteiger partial charge in [0, 0.05) is 25.4 Å². The summed E-state index contributed by atoms with van der Waals surface area (Å²) >= 11 is 0. The third kappa shape index (κ3) is 5.64. The quantitative estimate of drug-likeness (QED) is 0.548. The Labute approximate surface area is 187 Å². The fraction of sp³-hybridized carbons (Fsp3) is 0.375. The number of fused-ring (bicyclic) bond motifs is 3. The van der Waals surface area contributed by atoms with Gasteiger partial charge in [-0.15, -0.1) is 0 Å². The van der Waals surface area contributed by atoms with Crippen LogP contribution in [0.15, 0.2) is 48.5 Å². The first-order valence-corrected chi connectivity index (χ1v) is 10.6. The highest BCUT2D eigenvalue weighted by Crippen LogP contribution is 2.44. The van der Waals surface area contributed by atoms with Crippen LogP contribution in [-0.4, -0.2) is 54.4 Å². The molecule has 1 aliphatic rings. The van der Waals surface area contributed by atoms with Gasteiger partial charge in [0.1, 0.15) is 6.61 Å². The van der Waals surface area contributed by atoms with Crippen molar-refractivity contribution in [2.45, 2.75) is 38.1 Å². The molecule has 2 aromatic rings. The van der Waals surface area contributed by atoms with E-state index in [9.17, 15) is 14.4 Å². The van der Waals surface area contributed by atoms with Crippen LogP contribution in [0.4, 0.5) is 4.79 Å². The summed E-state index contributed by atoms with van der Waals surface area (Å²) in [5.74, 6) is -1.65. The van der Waals surface area contributed by atoms with Crippen LogP contribution >= 0.6 is 0 Å². The van der Waals surface area contributed by atoms with Crippen molar-refractivity contribution in [2.75, 3.05) is 20.3 Å². The Morgan fingerprint density at radius 3 is 2.22 bits per heavy atom. The first-order valence-electron chi connectivity index (χ1n) is 10.6. The average molecular weight is 440 g/mol. The van der Waals surface area contributed by atoms with Gasteiger partial charge in [0.25, 0.3) is 0 Å². The number of carbonyl (C=O) groups excluding carboxylic acids is 2. The first-order chi connectivity index (χ1) is 15.4. The fourth-order valence-corrected chi connectivity index (χ4v) is 3.94. The van der Waals surface area contributed by atoms with Crippen molar-refractivity contribution in [2.24, 2.45) is 0 Å². The van der Waals surface area contributed by atoms with Crippen LogP contribution in [0, 0.1) is 0 Å². The number of nitrogens with zero attached hydrogens (tertiary/aromatic N) is 1. The Balaban J connectivity index is 1.58. The first kappa shape index (κ1) is 23.3. The third-order valence-electron chi connectivity index (χ3n) is 5.46. The van der Waals surface area contributed by atoms with Gasteiger partial charge in [-0.05, 0) is 28.7 Å². The fourth-order valence-electron chi connectivity index (χ4n) is 3.94. The third-order valence-corrected chi connectivity index (χ3v) is 5.46. The molecule has 0 radical (unpaired) electrons. The van der Waals surface area contributed by atoms with Gasteiger partial charge in [-0.1, -0.05) is 61.9 Å².